The molecule has 0 saturated heterocycles. The van der Waals surface area contributed by atoms with E-state index in [9.17, 15) is 9.59 Å². The highest BCUT2D eigenvalue weighted by atomic mass is 16.5. The number of carbonyl (C=O) groups is 1. The first kappa shape index (κ1) is 17.7. The number of hydrogen-bond donors (Lipinski definition) is 2. The Labute approximate surface area is 152 Å². The van der Waals surface area contributed by atoms with E-state index in [-0.39, 0.29) is 11.7 Å². The molecule has 0 spiro atoms. The number of anilines is 1. The van der Waals surface area contributed by atoms with Crippen molar-refractivity contribution in [3.63, 3.8) is 0 Å². The van der Waals surface area contributed by atoms with E-state index in [0.29, 0.717) is 5.69 Å². The number of aromatic nitrogens is 1. The average Bonchev–Trinajstić information content (AvgIpc) is 2.56. The Kier molecular flexibility index (Phi) is 4.80. The highest BCUT2D eigenvalue weighted by Crippen LogP contribution is 2.20. The Hall–Kier alpha value is -3.08. The molecule has 0 bridgehead atoms. The lowest BCUT2D eigenvalue weighted by Crippen LogP contribution is -2.23. The number of H-pyrrole nitrogens is 1. The van der Waals surface area contributed by atoms with Gasteiger partial charge < -0.3 is 15.0 Å². The molecule has 26 heavy (non-hydrogen) atoms. The van der Waals surface area contributed by atoms with Crippen molar-refractivity contribution >= 4 is 22.5 Å². The third-order valence-electron chi connectivity index (χ3n) is 4.02. The molecule has 5 heteroatoms. The second-order valence-corrected chi connectivity index (χ2v) is 6.70. The van der Waals surface area contributed by atoms with E-state index in [1.807, 2.05) is 39.8 Å². The van der Waals surface area contributed by atoms with Gasteiger partial charge in [0.05, 0.1) is 11.6 Å². The van der Waals surface area contributed by atoms with E-state index in [1.165, 1.54) is 0 Å². The predicted molar refractivity (Wildman–Crippen MR) is 104 cm³/mol. The monoisotopic (exact) mass is 350 g/mol. The molecule has 0 unspecified atom stereocenters. The van der Waals surface area contributed by atoms with Crippen molar-refractivity contribution in [3.8, 4) is 5.75 Å². The van der Waals surface area contributed by atoms with Gasteiger partial charge in [0.15, 0.2) is 0 Å². The molecule has 0 aliphatic rings. The van der Waals surface area contributed by atoms with E-state index in [0.717, 1.165) is 27.8 Å². The number of aryl methyl sites for hydroxylation is 2. The molecule has 3 aromatic rings. The average molecular weight is 350 g/mol. The molecule has 1 amide bonds. The zero-order valence-electron chi connectivity index (χ0n) is 15.3. The summed E-state index contributed by atoms with van der Waals surface area (Å²) in [4.78, 5) is 27.7. The van der Waals surface area contributed by atoms with Crippen LogP contribution < -0.4 is 15.6 Å². The number of amides is 1. The number of fused-ring (bicyclic) bond motifs is 1. The molecule has 0 fully saturated rings. The van der Waals surface area contributed by atoms with E-state index in [2.05, 4.69) is 10.3 Å². The summed E-state index contributed by atoms with van der Waals surface area (Å²) < 4.78 is 5.58. The molecule has 0 atom stereocenters. The number of hydrogen-bond acceptors (Lipinski definition) is 3. The SMILES string of the molecule is Cc1cc(C)c2[nH]c(=O)c(C(=O)Nc3ccc(OC(C)C)cc3)cc2c1. The molecule has 0 radical (unpaired) electrons. The zero-order chi connectivity index (χ0) is 18.8. The standard InChI is InChI=1S/C21H22N2O3/c1-12(2)26-17-7-5-16(6-8-17)22-20(24)18-11-15-10-13(3)9-14(4)19(15)23-21(18)25/h5-12H,1-4H3,(H,22,24)(H,23,25). The van der Waals surface area contributed by atoms with Crippen LogP contribution in [0.1, 0.15) is 35.3 Å². The molecule has 3 rings (SSSR count). The molecule has 134 valence electrons. The van der Waals surface area contributed by atoms with Crippen molar-refractivity contribution in [1.29, 1.82) is 0 Å². The molecular weight excluding hydrogens is 328 g/mol. The van der Waals surface area contributed by atoms with Gasteiger partial charge in [-0.2, -0.15) is 0 Å². The lowest BCUT2D eigenvalue weighted by molar-refractivity contribution is 0.102. The van der Waals surface area contributed by atoms with Gasteiger partial charge in [-0.15, -0.1) is 0 Å². The summed E-state index contributed by atoms with van der Waals surface area (Å²) >= 11 is 0. The van der Waals surface area contributed by atoms with Crippen molar-refractivity contribution in [2.45, 2.75) is 33.8 Å². The summed E-state index contributed by atoms with van der Waals surface area (Å²) in [6.07, 6.45) is 0.0820. The van der Waals surface area contributed by atoms with Crippen molar-refractivity contribution < 1.29 is 9.53 Å². The van der Waals surface area contributed by atoms with Crippen LogP contribution in [-0.2, 0) is 0 Å². The maximum Gasteiger partial charge on any atom is 0.261 e. The summed E-state index contributed by atoms with van der Waals surface area (Å²) in [7, 11) is 0. The maximum atomic E-state index is 12.5. The maximum absolute atomic E-state index is 12.5. The van der Waals surface area contributed by atoms with Crippen LogP contribution in [0.4, 0.5) is 5.69 Å². The largest absolute Gasteiger partial charge is 0.491 e. The Bertz CT molecular complexity index is 1020. The Balaban J connectivity index is 1.88. The molecule has 0 saturated carbocycles. The fourth-order valence-electron chi connectivity index (χ4n) is 2.94. The summed E-state index contributed by atoms with van der Waals surface area (Å²) in [6, 6.07) is 12.7. The van der Waals surface area contributed by atoms with Crippen LogP contribution in [-0.4, -0.2) is 17.0 Å². The van der Waals surface area contributed by atoms with Crippen molar-refractivity contribution in [1.82, 2.24) is 4.98 Å². The van der Waals surface area contributed by atoms with Crippen molar-refractivity contribution in [3.05, 3.63) is 69.5 Å². The topological polar surface area (TPSA) is 71.2 Å². The van der Waals surface area contributed by atoms with Gasteiger partial charge in [-0.25, -0.2) is 0 Å². The fourth-order valence-corrected chi connectivity index (χ4v) is 2.94. The second-order valence-electron chi connectivity index (χ2n) is 6.70. The number of benzene rings is 2. The Morgan fingerprint density at radius 1 is 1.08 bits per heavy atom. The first-order valence-corrected chi connectivity index (χ1v) is 8.56. The van der Waals surface area contributed by atoms with Crippen LogP contribution in [0.2, 0.25) is 0 Å². The molecule has 0 aliphatic heterocycles. The van der Waals surface area contributed by atoms with Gasteiger partial charge in [0.1, 0.15) is 11.3 Å². The van der Waals surface area contributed by atoms with Crippen molar-refractivity contribution in [2.75, 3.05) is 5.32 Å². The van der Waals surface area contributed by atoms with Gasteiger partial charge in [0, 0.05) is 5.69 Å². The lowest BCUT2D eigenvalue weighted by atomic mass is 10.1. The third-order valence-corrected chi connectivity index (χ3v) is 4.02. The first-order chi connectivity index (χ1) is 12.3. The predicted octanol–water partition coefficient (Wildman–Crippen LogP) is 4.18. The summed E-state index contributed by atoms with van der Waals surface area (Å²) in [5, 5.41) is 3.60. The number of carbonyl (C=O) groups excluding carboxylic acids is 1. The number of pyridine rings is 1. The Morgan fingerprint density at radius 2 is 1.77 bits per heavy atom. The van der Waals surface area contributed by atoms with Crippen LogP contribution in [0.5, 0.6) is 5.75 Å². The molecule has 1 aromatic heterocycles. The zero-order valence-corrected chi connectivity index (χ0v) is 15.3. The minimum Gasteiger partial charge on any atom is -0.491 e. The van der Waals surface area contributed by atoms with Gasteiger partial charge in [-0.05, 0) is 75.0 Å². The minimum absolute atomic E-state index is 0.0820. The molecular formula is C21H22N2O3. The normalized spacial score (nSPS) is 11.0. The summed E-state index contributed by atoms with van der Waals surface area (Å²) in [6.45, 7) is 7.82. The van der Waals surface area contributed by atoms with E-state index < -0.39 is 11.5 Å². The van der Waals surface area contributed by atoms with E-state index in [1.54, 1.807) is 30.3 Å². The second kappa shape index (κ2) is 7.04. The number of ether oxygens (including phenoxy) is 1. The van der Waals surface area contributed by atoms with Gasteiger partial charge >= 0.3 is 0 Å². The van der Waals surface area contributed by atoms with Gasteiger partial charge in [0.2, 0.25) is 0 Å². The van der Waals surface area contributed by atoms with Gasteiger partial charge in [-0.3, -0.25) is 9.59 Å². The summed E-state index contributed by atoms with van der Waals surface area (Å²) in [5.41, 5.74) is 3.10. The molecule has 0 aliphatic carbocycles. The van der Waals surface area contributed by atoms with Crippen LogP contribution in [0.15, 0.2) is 47.3 Å². The number of rotatable bonds is 4. The van der Waals surface area contributed by atoms with Crippen LogP contribution in [0, 0.1) is 13.8 Å². The first-order valence-electron chi connectivity index (χ1n) is 8.56. The quantitative estimate of drug-likeness (QED) is 0.741. The van der Waals surface area contributed by atoms with Crippen LogP contribution >= 0.6 is 0 Å². The fraction of sp³-hybridized carbons (Fsp3) is 0.238. The highest BCUT2D eigenvalue weighted by Gasteiger charge is 2.13. The number of nitrogens with one attached hydrogen (secondary N) is 2. The smallest absolute Gasteiger partial charge is 0.261 e. The summed E-state index contributed by atoms with van der Waals surface area (Å²) in [5.74, 6) is 0.289. The molecule has 1 heterocycles. The van der Waals surface area contributed by atoms with E-state index >= 15 is 0 Å². The third kappa shape index (κ3) is 3.77. The molecule has 2 aromatic carbocycles. The minimum atomic E-state index is -0.440. The Morgan fingerprint density at radius 3 is 2.42 bits per heavy atom. The number of aromatic amines is 1. The van der Waals surface area contributed by atoms with Gasteiger partial charge in [-0.1, -0.05) is 11.6 Å². The van der Waals surface area contributed by atoms with Crippen molar-refractivity contribution in [2.24, 2.45) is 0 Å². The van der Waals surface area contributed by atoms with Crippen LogP contribution in [0.25, 0.3) is 10.9 Å². The van der Waals surface area contributed by atoms with E-state index in [4.69, 9.17) is 4.74 Å². The molecule has 5 nitrogen and oxygen atoms in total. The highest BCUT2D eigenvalue weighted by molar-refractivity contribution is 6.05. The lowest BCUT2D eigenvalue weighted by Gasteiger charge is -2.11. The molecule has 2 N–H and O–H groups in total. The van der Waals surface area contributed by atoms with Crippen LogP contribution in [0.3, 0.4) is 0 Å². The van der Waals surface area contributed by atoms with Gasteiger partial charge in [0.25, 0.3) is 11.5 Å².